The van der Waals surface area contributed by atoms with Gasteiger partial charge in [0.1, 0.15) is 0 Å². The van der Waals surface area contributed by atoms with Gasteiger partial charge in [-0.1, -0.05) is 23.2 Å². The van der Waals surface area contributed by atoms with Crippen LogP contribution in [0.2, 0.25) is 10.0 Å². The molecule has 0 atom stereocenters. The van der Waals surface area contributed by atoms with Crippen molar-refractivity contribution in [1.82, 2.24) is 0 Å². The van der Waals surface area contributed by atoms with E-state index in [4.69, 9.17) is 37.8 Å². The zero-order valence-corrected chi connectivity index (χ0v) is 15.6. The monoisotopic (exact) mass is 383 g/mol. The first-order valence-corrected chi connectivity index (χ1v) is 8.37. The molecule has 2 rings (SSSR count). The van der Waals surface area contributed by atoms with E-state index in [9.17, 15) is 4.79 Å². The maximum Gasteiger partial charge on any atom is 0.335 e. The van der Waals surface area contributed by atoms with Crippen molar-refractivity contribution in [2.75, 3.05) is 12.4 Å². The number of ether oxygens (including phenoxy) is 2. The molecule has 0 aliphatic rings. The Labute approximate surface area is 156 Å². The summed E-state index contributed by atoms with van der Waals surface area (Å²) >= 11 is 12.3. The highest BCUT2D eigenvalue weighted by Gasteiger charge is 2.15. The van der Waals surface area contributed by atoms with Crippen molar-refractivity contribution in [3.63, 3.8) is 0 Å². The molecule has 0 aliphatic heterocycles. The molecule has 2 N–H and O–H groups in total. The first-order valence-electron chi connectivity index (χ1n) is 7.61. The van der Waals surface area contributed by atoms with Crippen LogP contribution in [0.15, 0.2) is 30.3 Å². The number of carboxylic acids is 1. The summed E-state index contributed by atoms with van der Waals surface area (Å²) in [6.45, 7) is 4.17. The third-order valence-corrected chi connectivity index (χ3v) is 3.90. The smallest absolute Gasteiger partial charge is 0.335 e. The Kier molecular flexibility index (Phi) is 6.39. The number of carbonyl (C=O) groups is 1. The van der Waals surface area contributed by atoms with Crippen molar-refractivity contribution in [3.05, 3.63) is 51.5 Å². The van der Waals surface area contributed by atoms with Gasteiger partial charge in [-0.2, -0.15) is 0 Å². The van der Waals surface area contributed by atoms with Crippen LogP contribution in [0.5, 0.6) is 11.5 Å². The van der Waals surface area contributed by atoms with E-state index >= 15 is 0 Å². The van der Waals surface area contributed by atoms with Crippen LogP contribution in [0.1, 0.15) is 29.8 Å². The van der Waals surface area contributed by atoms with E-state index in [1.165, 1.54) is 18.2 Å². The molecule has 5 nitrogen and oxygen atoms in total. The average molecular weight is 384 g/mol. The number of rotatable bonds is 7. The molecular formula is C18H19Cl2NO4. The van der Waals surface area contributed by atoms with Gasteiger partial charge in [-0.25, -0.2) is 4.79 Å². The molecule has 0 fully saturated rings. The number of hydrogen-bond donors (Lipinski definition) is 2. The molecule has 0 spiro atoms. The molecule has 0 saturated carbocycles. The van der Waals surface area contributed by atoms with Crippen LogP contribution in [0.3, 0.4) is 0 Å². The Bertz CT molecular complexity index is 778. The molecule has 0 aromatic heterocycles. The van der Waals surface area contributed by atoms with Crippen LogP contribution in [-0.4, -0.2) is 24.3 Å². The molecule has 2 aromatic rings. The summed E-state index contributed by atoms with van der Waals surface area (Å²) in [5.74, 6) is 0.0938. The molecule has 0 radical (unpaired) electrons. The van der Waals surface area contributed by atoms with Crippen molar-refractivity contribution < 1.29 is 19.4 Å². The van der Waals surface area contributed by atoms with E-state index in [1.54, 1.807) is 19.2 Å². The molecule has 2 aromatic carbocycles. The highest BCUT2D eigenvalue weighted by atomic mass is 35.5. The average Bonchev–Trinajstić information content (AvgIpc) is 2.55. The molecule has 0 heterocycles. The predicted molar refractivity (Wildman–Crippen MR) is 99.5 cm³/mol. The van der Waals surface area contributed by atoms with Crippen LogP contribution >= 0.6 is 23.2 Å². The maximum atomic E-state index is 11.1. The number of aromatic carboxylic acids is 1. The minimum atomic E-state index is -1.02. The number of benzene rings is 2. The topological polar surface area (TPSA) is 67.8 Å². The zero-order valence-electron chi connectivity index (χ0n) is 14.1. The number of halogens is 2. The lowest BCUT2D eigenvalue weighted by Gasteiger charge is -2.19. The van der Waals surface area contributed by atoms with Gasteiger partial charge in [0.2, 0.25) is 0 Å². The van der Waals surface area contributed by atoms with Gasteiger partial charge < -0.3 is 19.9 Å². The Morgan fingerprint density at radius 1 is 1.24 bits per heavy atom. The SMILES string of the molecule is COc1cc(Cl)cc(CNc2cc(C(=O)O)ccc2Cl)c1OC(C)C. The minimum Gasteiger partial charge on any atom is -0.493 e. The van der Waals surface area contributed by atoms with Crippen molar-refractivity contribution >= 4 is 34.9 Å². The van der Waals surface area contributed by atoms with Gasteiger partial charge in [0.25, 0.3) is 0 Å². The number of anilines is 1. The second kappa shape index (κ2) is 8.32. The summed E-state index contributed by atoms with van der Waals surface area (Å²) in [5.41, 5.74) is 1.43. The van der Waals surface area contributed by atoms with Gasteiger partial charge in [0.15, 0.2) is 11.5 Å². The quantitative estimate of drug-likeness (QED) is 0.695. The number of carboxylic acid groups (broad SMARTS) is 1. The summed E-state index contributed by atoms with van der Waals surface area (Å²) in [6, 6.07) is 7.92. The molecule has 0 unspecified atom stereocenters. The lowest BCUT2D eigenvalue weighted by atomic mass is 10.1. The summed E-state index contributed by atoms with van der Waals surface area (Å²) in [6.07, 6.45) is -0.0484. The molecule has 25 heavy (non-hydrogen) atoms. The molecule has 7 heteroatoms. The van der Waals surface area contributed by atoms with Crippen LogP contribution < -0.4 is 14.8 Å². The van der Waals surface area contributed by atoms with Crippen molar-refractivity contribution in [3.8, 4) is 11.5 Å². The Hall–Kier alpha value is -2.11. The van der Waals surface area contributed by atoms with E-state index in [0.29, 0.717) is 33.8 Å². The van der Waals surface area contributed by atoms with Crippen LogP contribution in [0.25, 0.3) is 0 Å². The van der Waals surface area contributed by atoms with E-state index in [1.807, 2.05) is 13.8 Å². The fraction of sp³-hybridized carbons (Fsp3) is 0.278. The Morgan fingerprint density at radius 2 is 1.96 bits per heavy atom. The van der Waals surface area contributed by atoms with Crippen molar-refractivity contribution in [1.29, 1.82) is 0 Å². The summed E-state index contributed by atoms with van der Waals surface area (Å²) in [7, 11) is 1.54. The molecule has 0 saturated heterocycles. The highest BCUT2D eigenvalue weighted by molar-refractivity contribution is 6.33. The molecule has 0 aliphatic carbocycles. The first-order chi connectivity index (χ1) is 11.8. The molecule has 0 amide bonds. The van der Waals surface area contributed by atoms with Gasteiger partial charge in [-0.15, -0.1) is 0 Å². The second-order valence-corrected chi connectivity index (χ2v) is 6.46. The number of methoxy groups -OCH3 is 1. The zero-order chi connectivity index (χ0) is 18.6. The van der Waals surface area contributed by atoms with E-state index in [2.05, 4.69) is 5.32 Å². The molecule has 0 bridgehead atoms. The summed E-state index contributed by atoms with van der Waals surface area (Å²) in [4.78, 5) is 11.1. The Morgan fingerprint density at radius 3 is 2.56 bits per heavy atom. The third kappa shape index (κ3) is 4.94. The molecule has 134 valence electrons. The van der Waals surface area contributed by atoms with Gasteiger partial charge in [-0.05, 0) is 38.1 Å². The number of hydrogen-bond acceptors (Lipinski definition) is 4. The third-order valence-electron chi connectivity index (χ3n) is 3.35. The number of nitrogens with one attached hydrogen (secondary N) is 1. The van der Waals surface area contributed by atoms with Crippen LogP contribution in [0, 0.1) is 0 Å². The van der Waals surface area contributed by atoms with Gasteiger partial charge >= 0.3 is 5.97 Å². The van der Waals surface area contributed by atoms with Gasteiger partial charge in [0, 0.05) is 23.2 Å². The van der Waals surface area contributed by atoms with E-state index < -0.39 is 5.97 Å². The lowest BCUT2D eigenvalue weighted by Crippen LogP contribution is -2.11. The van der Waals surface area contributed by atoms with Gasteiger partial charge in [0.05, 0.1) is 29.5 Å². The van der Waals surface area contributed by atoms with Crippen molar-refractivity contribution in [2.24, 2.45) is 0 Å². The van der Waals surface area contributed by atoms with E-state index in [0.717, 1.165) is 5.56 Å². The van der Waals surface area contributed by atoms with Crippen LogP contribution in [0.4, 0.5) is 5.69 Å². The Balaban J connectivity index is 2.32. The first kappa shape index (κ1) is 19.2. The lowest BCUT2D eigenvalue weighted by molar-refractivity contribution is 0.0697. The standard InChI is InChI=1S/C18H19Cl2NO4/c1-10(2)25-17-12(6-13(19)8-16(17)24-3)9-21-15-7-11(18(22)23)4-5-14(15)20/h4-8,10,21H,9H2,1-3H3,(H,22,23). The van der Waals surface area contributed by atoms with E-state index in [-0.39, 0.29) is 11.7 Å². The normalized spacial score (nSPS) is 10.6. The minimum absolute atomic E-state index is 0.0484. The van der Waals surface area contributed by atoms with Crippen LogP contribution in [-0.2, 0) is 6.54 Å². The maximum absolute atomic E-state index is 11.1. The summed E-state index contributed by atoms with van der Waals surface area (Å²) < 4.78 is 11.2. The molecular weight excluding hydrogens is 365 g/mol. The highest BCUT2D eigenvalue weighted by Crippen LogP contribution is 2.36. The predicted octanol–water partition coefficient (Wildman–Crippen LogP) is 5.10. The summed E-state index contributed by atoms with van der Waals surface area (Å²) in [5, 5.41) is 13.2. The largest absolute Gasteiger partial charge is 0.493 e. The second-order valence-electron chi connectivity index (χ2n) is 5.62. The van der Waals surface area contributed by atoms with Gasteiger partial charge in [-0.3, -0.25) is 0 Å². The fourth-order valence-electron chi connectivity index (χ4n) is 2.26. The van der Waals surface area contributed by atoms with Crippen molar-refractivity contribution in [2.45, 2.75) is 26.5 Å². The fourth-order valence-corrected chi connectivity index (χ4v) is 2.67.